The summed E-state index contributed by atoms with van der Waals surface area (Å²) in [5.41, 5.74) is 0.603. The predicted octanol–water partition coefficient (Wildman–Crippen LogP) is 1.74. The van der Waals surface area contributed by atoms with E-state index in [-0.39, 0.29) is 30.6 Å². The van der Waals surface area contributed by atoms with Crippen LogP contribution in [-0.2, 0) is 16.0 Å². The fourth-order valence-electron chi connectivity index (χ4n) is 2.44. The van der Waals surface area contributed by atoms with Gasteiger partial charge >= 0.3 is 0 Å². The van der Waals surface area contributed by atoms with E-state index in [4.69, 9.17) is 0 Å². The molecule has 0 aliphatic carbocycles. The van der Waals surface area contributed by atoms with Crippen molar-refractivity contribution in [2.45, 2.75) is 26.2 Å². The van der Waals surface area contributed by atoms with E-state index in [9.17, 15) is 14.0 Å². The highest BCUT2D eigenvalue weighted by Gasteiger charge is 2.20. The van der Waals surface area contributed by atoms with E-state index in [0.29, 0.717) is 11.5 Å². The van der Waals surface area contributed by atoms with Crippen molar-refractivity contribution in [2.75, 3.05) is 19.6 Å². The minimum absolute atomic E-state index is 0.0164. The number of likely N-dealkylation sites (tertiary alicyclic amines) is 1. The number of hydrogen-bond acceptors (Lipinski definition) is 2. The van der Waals surface area contributed by atoms with Crippen LogP contribution in [0.3, 0.4) is 0 Å². The zero-order valence-corrected chi connectivity index (χ0v) is 12.3. The molecule has 0 aromatic heterocycles. The van der Waals surface area contributed by atoms with Crippen LogP contribution in [0.1, 0.15) is 25.3 Å². The highest BCUT2D eigenvalue weighted by atomic mass is 19.1. The number of benzene rings is 1. The van der Waals surface area contributed by atoms with E-state index in [2.05, 4.69) is 12.2 Å². The summed E-state index contributed by atoms with van der Waals surface area (Å²) >= 11 is 0. The molecule has 0 saturated carbocycles. The van der Waals surface area contributed by atoms with Gasteiger partial charge in [0.2, 0.25) is 11.8 Å². The SMILES string of the molecule is CC1CCN(C(=O)CNC(=O)Cc2cccc(F)c2)CC1. The lowest BCUT2D eigenvalue weighted by molar-refractivity contribution is -0.133. The minimum atomic E-state index is -0.362. The van der Waals surface area contributed by atoms with Crippen LogP contribution in [0.4, 0.5) is 4.39 Å². The molecule has 0 unspecified atom stereocenters. The van der Waals surface area contributed by atoms with Crippen LogP contribution in [0.15, 0.2) is 24.3 Å². The molecule has 21 heavy (non-hydrogen) atoms. The molecule has 0 bridgehead atoms. The van der Waals surface area contributed by atoms with Crippen molar-refractivity contribution in [1.82, 2.24) is 10.2 Å². The highest BCUT2D eigenvalue weighted by molar-refractivity contribution is 5.85. The lowest BCUT2D eigenvalue weighted by Crippen LogP contribution is -2.44. The summed E-state index contributed by atoms with van der Waals surface area (Å²) in [4.78, 5) is 25.5. The molecule has 2 amide bonds. The van der Waals surface area contributed by atoms with Gasteiger partial charge < -0.3 is 10.2 Å². The van der Waals surface area contributed by atoms with Crippen molar-refractivity contribution >= 4 is 11.8 Å². The van der Waals surface area contributed by atoms with Gasteiger partial charge in [0.25, 0.3) is 0 Å². The maximum Gasteiger partial charge on any atom is 0.241 e. The molecule has 1 fully saturated rings. The van der Waals surface area contributed by atoms with Gasteiger partial charge in [0, 0.05) is 13.1 Å². The Hall–Kier alpha value is -1.91. The Bertz CT molecular complexity index is 511. The number of nitrogens with one attached hydrogen (secondary N) is 1. The number of carbonyl (C=O) groups is 2. The number of carbonyl (C=O) groups excluding carboxylic acids is 2. The summed E-state index contributed by atoms with van der Waals surface area (Å²) in [5.74, 6) is -0.00995. The van der Waals surface area contributed by atoms with Gasteiger partial charge in [-0.3, -0.25) is 9.59 Å². The third-order valence-electron chi connectivity index (χ3n) is 3.83. The van der Waals surface area contributed by atoms with Gasteiger partial charge in [-0.2, -0.15) is 0 Å². The van der Waals surface area contributed by atoms with Crippen LogP contribution in [0, 0.1) is 11.7 Å². The Morgan fingerprint density at radius 3 is 2.71 bits per heavy atom. The van der Waals surface area contributed by atoms with Gasteiger partial charge in [0.05, 0.1) is 13.0 Å². The van der Waals surface area contributed by atoms with Crippen LogP contribution in [0.2, 0.25) is 0 Å². The Morgan fingerprint density at radius 1 is 1.33 bits per heavy atom. The summed E-state index contributed by atoms with van der Waals surface area (Å²) in [7, 11) is 0. The van der Waals surface area contributed by atoms with Gasteiger partial charge in [-0.1, -0.05) is 19.1 Å². The van der Waals surface area contributed by atoms with Gasteiger partial charge in [-0.25, -0.2) is 4.39 Å². The van der Waals surface area contributed by atoms with Crippen LogP contribution in [0.25, 0.3) is 0 Å². The number of hydrogen-bond donors (Lipinski definition) is 1. The number of halogens is 1. The normalized spacial score (nSPS) is 15.8. The second-order valence-electron chi connectivity index (χ2n) is 5.65. The molecular weight excluding hydrogens is 271 g/mol. The topological polar surface area (TPSA) is 49.4 Å². The molecule has 1 aromatic rings. The van der Waals surface area contributed by atoms with E-state index in [1.54, 1.807) is 17.0 Å². The first-order valence-corrected chi connectivity index (χ1v) is 7.33. The van der Waals surface area contributed by atoms with E-state index in [1.165, 1.54) is 12.1 Å². The van der Waals surface area contributed by atoms with Crippen LogP contribution in [0.5, 0.6) is 0 Å². The minimum Gasteiger partial charge on any atom is -0.347 e. The Balaban J connectivity index is 1.75. The van der Waals surface area contributed by atoms with Crippen LogP contribution < -0.4 is 5.32 Å². The quantitative estimate of drug-likeness (QED) is 0.919. The van der Waals surface area contributed by atoms with E-state index >= 15 is 0 Å². The van der Waals surface area contributed by atoms with Crippen molar-refractivity contribution in [3.05, 3.63) is 35.6 Å². The molecule has 114 valence electrons. The molecular formula is C16H21FN2O2. The summed E-state index contributed by atoms with van der Waals surface area (Å²) in [5, 5.41) is 2.61. The largest absolute Gasteiger partial charge is 0.347 e. The van der Waals surface area contributed by atoms with Crippen molar-refractivity contribution < 1.29 is 14.0 Å². The molecule has 0 spiro atoms. The first-order chi connectivity index (χ1) is 10.0. The molecule has 1 N–H and O–H groups in total. The first kappa shape index (κ1) is 15.5. The molecule has 1 aliphatic rings. The molecule has 4 nitrogen and oxygen atoms in total. The number of nitrogens with zero attached hydrogens (tertiary/aromatic N) is 1. The molecule has 1 heterocycles. The standard InChI is InChI=1S/C16H21FN2O2/c1-12-5-7-19(8-6-12)16(21)11-18-15(20)10-13-3-2-4-14(17)9-13/h2-4,9,12H,5-8,10-11H2,1H3,(H,18,20). The first-order valence-electron chi connectivity index (χ1n) is 7.33. The number of amides is 2. The van der Waals surface area contributed by atoms with E-state index in [1.807, 2.05) is 0 Å². The molecule has 1 aromatic carbocycles. The summed E-state index contributed by atoms with van der Waals surface area (Å²) in [6.07, 6.45) is 2.12. The average Bonchev–Trinajstić information content (AvgIpc) is 2.45. The highest BCUT2D eigenvalue weighted by Crippen LogP contribution is 2.15. The molecule has 1 saturated heterocycles. The molecule has 0 atom stereocenters. The van der Waals surface area contributed by atoms with Crippen molar-refractivity contribution in [3.8, 4) is 0 Å². The lowest BCUT2D eigenvalue weighted by atomic mass is 9.99. The monoisotopic (exact) mass is 292 g/mol. The third-order valence-corrected chi connectivity index (χ3v) is 3.83. The fraction of sp³-hybridized carbons (Fsp3) is 0.500. The zero-order chi connectivity index (χ0) is 15.2. The second-order valence-corrected chi connectivity index (χ2v) is 5.65. The van der Waals surface area contributed by atoms with E-state index in [0.717, 1.165) is 25.9 Å². The third kappa shape index (κ3) is 4.85. The van der Waals surface area contributed by atoms with Gasteiger partial charge in [0.15, 0.2) is 0 Å². The lowest BCUT2D eigenvalue weighted by Gasteiger charge is -2.30. The Labute approximate surface area is 124 Å². The smallest absolute Gasteiger partial charge is 0.241 e. The second kappa shape index (κ2) is 7.20. The van der Waals surface area contributed by atoms with E-state index < -0.39 is 0 Å². The average molecular weight is 292 g/mol. The fourth-order valence-corrected chi connectivity index (χ4v) is 2.44. The van der Waals surface area contributed by atoms with Gasteiger partial charge in [-0.05, 0) is 36.5 Å². The molecule has 0 radical (unpaired) electrons. The molecule has 5 heteroatoms. The summed E-state index contributed by atoms with van der Waals surface area (Å²) in [6, 6.07) is 5.92. The van der Waals surface area contributed by atoms with Crippen molar-refractivity contribution in [1.29, 1.82) is 0 Å². The number of rotatable bonds is 4. The molecule has 1 aliphatic heterocycles. The number of piperidine rings is 1. The van der Waals surface area contributed by atoms with Crippen molar-refractivity contribution in [2.24, 2.45) is 5.92 Å². The Morgan fingerprint density at radius 2 is 2.05 bits per heavy atom. The summed E-state index contributed by atoms with van der Waals surface area (Å²) < 4.78 is 13.0. The van der Waals surface area contributed by atoms with Crippen LogP contribution >= 0.6 is 0 Å². The van der Waals surface area contributed by atoms with Crippen LogP contribution in [-0.4, -0.2) is 36.3 Å². The van der Waals surface area contributed by atoms with Gasteiger partial charge in [0.1, 0.15) is 5.82 Å². The predicted molar refractivity (Wildman–Crippen MR) is 78.1 cm³/mol. The Kier molecular flexibility index (Phi) is 5.31. The van der Waals surface area contributed by atoms with Gasteiger partial charge in [-0.15, -0.1) is 0 Å². The zero-order valence-electron chi connectivity index (χ0n) is 12.3. The molecule has 2 rings (SSSR count). The maximum atomic E-state index is 13.0. The maximum absolute atomic E-state index is 13.0. The summed E-state index contributed by atoms with van der Waals surface area (Å²) in [6.45, 7) is 3.73. The van der Waals surface area contributed by atoms with Crippen molar-refractivity contribution in [3.63, 3.8) is 0 Å².